The Morgan fingerprint density at radius 3 is 2.53 bits per heavy atom. The summed E-state index contributed by atoms with van der Waals surface area (Å²) in [6.07, 6.45) is 10.8. The van der Waals surface area contributed by atoms with E-state index in [0.29, 0.717) is 35.8 Å². The third-order valence-corrected chi connectivity index (χ3v) is 7.55. The van der Waals surface area contributed by atoms with Crippen molar-refractivity contribution in [3.8, 4) is 22.8 Å². The van der Waals surface area contributed by atoms with Gasteiger partial charge in [-0.3, -0.25) is 4.98 Å². The minimum atomic E-state index is 0.310. The van der Waals surface area contributed by atoms with Gasteiger partial charge in [0, 0.05) is 49.9 Å². The molecule has 0 radical (unpaired) electrons. The number of rotatable bonds is 7. The van der Waals surface area contributed by atoms with Crippen LogP contribution in [0, 0.1) is 6.92 Å². The van der Waals surface area contributed by atoms with Crippen LogP contribution in [0.25, 0.3) is 22.8 Å². The van der Waals surface area contributed by atoms with Crippen molar-refractivity contribution in [3.63, 3.8) is 0 Å². The maximum absolute atomic E-state index is 5.09. The first-order chi connectivity index (χ1) is 18.7. The van der Waals surface area contributed by atoms with Crippen LogP contribution in [-0.4, -0.2) is 56.3 Å². The molecule has 1 aliphatic carbocycles. The van der Waals surface area contributed by atoms with E-state index in [1.54, 1.807) is 6.92 Å². The van der Waals surface area contributed by atoms with Crippen LogP contribution in [0.15, 0.2) is 65.4 Å². The van der Waals surface area contributed by atoms with E-state index in [1.165, 1.54) is 19.3 Å². The molecule has 1 aromatic carbocycles. The second-order valence-corrected chi connectivity index (χ2v) is 10.3. The van der Waals surface area contributed by atoms with Crippen molar-refractivity contribution in [1.29, 1.82) is 0 Å². The highest BCUT2D eigenvalue weighted by atomic mass is 16.5. The fourth-order valence-corrected chi connectivity index (χ4v) is 5.63. The zero-order valence-electron chi connectivity index (χ0n) is 21.8. The third kappa shape index (κ3) is 5.67. The van der Waals surface area contributed by atoms with Crippen molar-refractivity contribution in [2.24, 2.45) is 0 Å². The maximum Gasteiger partial charge on any atom is 0.223 e. The number of aromatic nitrogens is 5. The number of hydrogen-bond acceptors (Lipinski definition) is 9. The van der Waals surface area contributed by atoms with E-state index >= 15 is 0 Å². The first-order valence-corrected chi connectivity index (χ1v) is 13.6. The predicted octanol–water partition coefficient (Wildman–Crippen LogP) is 4.88. The second kappa shape index (κ2) is 11.3. The Labute approximate surface area is 223 Å². The highest BCUT2D eigenvalue weighted by molar-refractivity contribution is 5.59. The SMILES string of the molecule is Cc1nc(-c2ccc(N3CCCC(NC4CCCCC4Nc4nccc(-c5ccccc5)n4)C3)cn2)no1. The van der Waals surface area contributed by atoms with Gasteiger partial charge in [-0.15, -0.1) is 0 Å². The van der Waals surface area contributed by atoms with Crippen LogP contribution in [0.1, 0.15) is 44.4 Å². The molecule has 0 bridgehead atoms. The van der Waals surface area contributed by atoms with Crippen LogP contribution in [0.5, 0.6) is 0 Å². The van der Waals surface area contributed by atoms with Crippen LogP contribution < -0.4 is 15.5 Å². The number of anilines is 2. The number of nitrogens with zero attached hydrogens (tertiary/aromatic N) is 6. The summed E-state index contributed by atoms with van der Waals surface area (Å²) in [5.74, 6) is 1.78. The minimum Gasteiger partial charge on any atom is -0.369 e. The lowest BCUT2D eigenvalue weighted by Gasteiger charge is -2.40. The fourth-order valence-electron chi connectivity index (χ4n) is 5.63. The molecule has 9 nitrogen and oxygen atoms in total. The molecule has 9 heteroatoms. The minimum absolute atomic E-state index is 0.310. The van der Waals surface area contributed by atoms with Crippen LogP contribution in [0.2, 0.25) is 0 Å². The van der Waals surface area contributed by atoms with Crippen LogP contribution in [-0.2, 0) is 0 Å². The first-order valence-electron chi connectivity index (χ1n) is 13.6. The molecule has 38 heavy (non-hydrogen) atoms. The van der Waals surface area contributed by atoms with Crippen molar-refractivity contribution in [2.75, 3.05) is 23.3 Å². The quantitative estimate of drug-likeness (QED) is 0.360. The van der Waals surface area contributed by atoms with Gasteiger partial charge in [-0.2, -0.15) is 4.98 Å². The van der Waals surface area contributed by atoms with E-state index in [9.17, 15) is 0 Å². The number of nitrogens with one attached hydrogen (secondary N) is 2. The van der Waals surface area contributed by atoms with E-state index in [1.807, 2.05) is 42.7 Å². The number of hydrogen-bond donors (Lipinski definition) is 2. The molecule has 6 rings (SSSR count). The van der Waals surface area contributed by atoms with Crippen molar-refractivity contribution < 1.29 is 4.52 Å². The fraction of sp³-hybridized carbons (Fsp3) is 0.414. The summed E-state index contributed by atoms with van der Waals surface area (Å²) in [7, 11) is 0. The van der Waals surface area contributed by atoms with E-state index < -0.39 is 0 Å². The zero-order valence-corrected chi connectivity index (χ0v) is 21.8. The van der Waals surface area contributed by atoms with Crippen LogP contribution in [0.3, 0.4) is 0 Å². The Balaban J connectivity index is 1.10. The van der Waals surface area contributed by atoms with E-state index in [-0.39, 0.29) is 0 Å². The number of piperidine rings is 1. The molecule has 2 N–H and O–H groups in total. The molecule has 0 amide bonds. The standard InChI is InChI=1S/C29H34N8O/c1-20-32-28(36-38-20)27-14-13-23(18-31-27)37-17-7-10-22(19-37)33-25-11-5-6-12-26(25)35-29-30-16-15-24(34-29)21-8-3-2-4-9-21/h2-4,8-9,13-16,18,22,25-26,33H,5-7,10-12,17,19H2,1H3,(H,30,34,35). The highest BCUT2D eigenvalue weighted by Crippen LogP contribution is 2.26. The molecule has 4 aromatic rings. The molecule has 3 atom stereocenters. The second-order valence-electron chi connectivity index (χ2n) is 10.3. The van der Waals surface area contributed by atoms with Gasteiger partial charge in [-0.1, -0.05) is 48.3 Å². The third-order valence-electron chi connectivity index (χ3n) is 7.55. The number of benzene rings is 1. The molecule has 3 unspecified atom stereocenters. The van der Waals surface area contributed by atoms with Gasteiger partial charge in [0.2, 0.25) is 17.7 Å². The van der Waals surface area contributed by atoms with Gasteiger partial charge < -0.3 is 20.1 Å². The smallest absolute Gasteiger partial charge is 0.223 e. The van der Waals surface area contributed by atoms with E-state index in [4.69, 9.17) is 9.51 Å². The highest BCUT2D eigenvalue weighted by Gasteiger charge is 2.30. The predicted molar refractivity (Wildman–Crippen MR) is 148 cm³/mol. The summed E-state index contributed by atoms with van der Waals surface area (Å²) in [4.78, 5) is 20.7. The van der Waals surface area contributed by atoms with E-state index in [2.05, 4.69) is 53.8 Å². The molecule has 1 saturated heterocycles. The van der Waals surface area contributed by atoms with Gasteiger partial charge in [0.25, 0.3) is 0 Å². The number of pyridine rings is 1. The lowest BCUT2D eigenvalue weighted by molar-refractivity contribution is 0.293. The van der Waals surface area contributed by atoms with Gasteiger partial charge in [-0.25, -0.2) is 9.97 Å². The Hall–Kier alpha value is -3.85. The molecule has 2 fully saturated rings. The Morgan fingerprint density at radius 2 is 1.74 bits per heavy atom. The largest absolute Gasteiger partial charge is 0.369 e. The zero-order chi connectivity index (χ0) is 25.7. The van der Waals surface area contributed by atoms with Crippen molar-refractivity contribution in [3.05, 3.63) is 66.8 Å². The number of aryl methyl sites for hydroxylation is 1. The maximum atomic E-state index is 5.09. The summed E-state index contributed by atoms with van der Waals surface area (Å²) in [6.45, 7) is 3.78. The van der Waals surface area contributed by atoms with Crippen LogP contribution in [0.4, 0.5) is 11.6 Å². The summed E-state index contributed by atoms with van der Waals surface area (Å²) in [5.41, 5.74) is 3.91. The van der Waals surface area contributed by atoms with Crippen molar-refractivity contribution in [2.45, 2.75) is 63.6 Å². The van der Waals surface area contributed by atoms with Gasteiger partial charge in [-0.05, 0) is 43.9 Å². The molecule has 1 aliphatic heterocycles. The van der Waals surface area contributed by atoms with Crippen molar-refractivity contribution >= 4 is 11.6 Å². The van der Waals surface area contributed by atoms with Crippen molar-refractivity contribution in [1.82, 2.24) is 30.4 Å². The summed E-state index contributed by atoms with van der Waals surface area (Å²) in [6, 6.07) is 17.4. The van der Waals surface area contributed by atoms with Crippen LogP contribution >= 0.6 is 0 Å². The summed E-state index contributed by atoms with van der Waals surface area (Å²) >= 11 is 0. The van der Waals surface area contributed by atoms with Gasteiger partial charge >= 0.3 is 0 Å². The topological polar surface area (TPSA) is 105 Å². The molecular formula is C29H34N8O. The molecule has 0 spiro atoms. The Bertz CT molecular complexity index is 1330. The molecular weight excluding hydrogens is 476 g/mol. The van der Waals surface area contributed by atoms with Gasteiger partial charge in [0.05, 0.1) is 17.6 Å². The molecule has 2 aliphatic rings. The van der Waals surface area contributed by atoms with E-state index in [0.717, 1.165) is 55.0 Å². The van der Waals surface area contributed by atoms with Gasteiger partial charge in [0.15, 0.2) is 0 Å². The first kappa shape index (κ1) is 24.5. The monoisotopic (exact) mass is 510 g/mol. The molecule has 3 aromatic heterocycles. The van der Waals surface area contributed by atoms with Gasteiger partial charge in [0.1, 0.15) is 5.69 Å². The molecule has 4 heterocycles. The Morgan fingerprint density at radius 1 is 0.868 bits per heavy atom. The summed E-state index contributed by atoms with van der Waals surface area (Å²) in [5, 5.41) is 11.6. The normalized spacial score (nSPS) is 21.8. The molecule has 1 saturated carbocycles. The average Bonchev–Trinajstić information content (AvgIpc) is 3.41. The summed E-state index contributed by atoms with van der Waals surface area (Å²) < 4.78 is 5.09. The lowest BCUT2D eigenvalue weighted by Crippen LogP contribution is -2.55. The molecule has 196 valence electrons. The average molecular weight is 511 g/mol. The Kier molecular flexibility index (Phi) is 7.26. The lowest BCUT2D eigenvalue weighted by atomic mass is 9.89.